The number of aliphatic carboxylic acids is 1. The Kier molecular flexibility index (Phi) is 5.78. The molecule has 2 unspecified atom stereocenters. The smallest absolute Gasteiger partial charge is 0.323 e. The minimum Gasteiger partial charge on any atom is -0.480 e. The molecule has 2 atom stereocenters. The van der Waals surface area contributed by atoms with Gasteiger partial charge < -0.3 is 9.84 Å². The molecule has 1 aliphatic heterocycles. The predicted molar refractivity (Wildman–Crippen MR) is 76.1 cm³/mol. The number of hydrogen-bond acceptors (Lipinski definition) is 5. The third-order valence-electron chi connectivity index (χ3n) is 3.77. The molecule has 118 valence electrons. The van der Waals surface area contributed by atoms with Crippen molar-refractivity contribution in [1.29, 1.82) is 0 Å². The van der Waals surface area contributed by atoms with Crippen LogP contribution in [-0.2, 0) is 24.2 Å². The van der Waals surface area contributed by atoms with Crippen LogP contribution in [0.5, 0.6) is 0 Å². The van der Waals surface area contributed by atoms with E-state index in [0.29, 0.717) is 0 Å². The first-order valence-corrected chi connectivity index (χ1v) is 8.63. The van der Waals surface area contributed by atoms with Crippen molar-refractivity contribution in [1.82, 2.24) is 0 Å². The number of esters is 1. The van der Waals surface area contributed by atoms with Crippen molar-refractivity contribution < 1.29 is 27.9 Å². The number of carboxylic acid groups (broad SMARTS) is 1. The Morgan fingerprint density at radius 2 is 2.10 bits per heavy atom. The van der Waals surface area contributed by atoms with Gasteiger partial charge in [0.2, 0.25) is 0 Å². The normalized spacial score (nSPS) is 22.7. The van der Waals surface area contributed by atoms with Gasteiger partial charge in [0.25, 0.3) is 0 Å². The minimum atomic E-state index is -3.30. The molecule has 0 aromatic carbocycles. The molecule has 0 aliphatic carbocycles. The maximum Gasteiger partial charge on any atom is 0.323 e. The summed E-state index contributed by atoms with van der Waals surface area (Å²) in [6.45, 7) is 3.25. The summed E-state index contributed by atoms with van der Waals surface area (Å²) in [6, 6.07) is 0. The fraction of sp³-hybridized carbons (Fsp3) is 0.714. The van der Waals surface area contributed by atoms with E-state index in [1.54, 1.807) is 13.8 Å². The van der Waals surface area contributed by atoms with Crippen molar-refractivity contribution in [3.63, 3.8) is 0 Å². The molecule has 1 saturated heterocycles. The standard InChI is InChI=1S/C14H20O6S/c1-3-5-6-8-14(12(15)16,13(17)20-4-2)11-7-9-21(18,19)10-11/h11H,4,6-10H2,1-2H3,(H,15,16). The van der Waals surface area contributed by atoms with Crippen molar-refractivity contribution in [2.75, 3.05) is 18.1 Å². The first-order valence-electron chi connectivity index (χ1n) is 6.80. The Balaban J connectivity index is 3.19. The molecule has 7 heteroatoms. The van der Waals surface area contributed by atoms with Gasteiger partial charge in [0, 0.05) is 12.3 Å². The monoisotopic (exact) mass is 316 g/mol. The lowest BCUT2D eigenvalue weighted by Crippen LogP contribution is -2.47. The number of carbonyl (C=O) groups excluding carboxylic acids is 1. The van der Waals surface area contributed by atoms with Crippen molar-refractivity contribution in [3.05, 3.63) is 0 Å². The highest BCUT2D eigenvalue weighted by molar-refractivity contribution is 7.91. The number of hydrogen-bond donors (Lipinski definition) is 1. The van der Waals surface area contributed by atoms with Gasteiger partial charge in [-0.25, -0.2) is 8.42 Å². The summed E-state index contributed by atoms with van der Waals surface area (Å²) >= 11 is 0. The first kappa shape index (κ1) is 17.5. The molecule has 0 amide bonds. The Hall–Kier alpha value is -1.55. The van der Waals surface area contributed by atoms with Gasteiger partial charge in [0.15, 0.2) is 15.3 Å². The largest absolute Gasteiger partial charge is 0.480 e. The van der Waals surface area contributed by atoms with E-state index in [1.807, 2.05) is 0 Å². The third-order valence-corrected chi connectivity index (χ3v) is 5.54. The van der Waals surface area contributed by atoms with Crippen LogP contribution in [0.4, 0.5) is 0 Å². The van der Waals surface area contributed by atoms with E-state index in [-0.39, 0.29) is 37.4 Å². The van der Waals surface area contributed by atoms with E-state index >= 15 is 0 Å². The number of carboxylic acids is 1. The number of ether oxygens (including phenoxy) is 1. The van der Waals surface area contributed by atoms with Gasteiger partial charge in [-0.1, -0.05) is 0 Å². The second kappa shape index (κ2) is 6.94. The molecule has 0 bridgehead atoms. The second-order valence-corrected chi connectivity index (χ2v) is 7.25. The van der Waals surface area contributed by atoms with Gasteiger partial charge in [-0.2, -0.15) is 0 Å². The molecule has 6 nitrogen and oxygen atoms in total. The summed E-state index contributed by atoms with van der Waals surface area (Å²) in [6.07, 6.45) is 0.327. The maximum absolute atomic E-state index is 12.3. The summed E-state index contributed by atoms with van der Waals surface area (Å²) in [7, 11) is -3.30. The van der Waals surface area contributed by atoms with Crippen LogP contribution in [0, 0.1) is 23.2 Å². The Labute approximate surface area is 124 Å². The van der Waals surface area contributed by atoms with Crippen LogP contribution in [0.3, 0.4) is 0 Å². The van der Waals surface area contributed by atoms with Gasteiger partial charge in [-0.05, 0) is 26.7 Å². The molecule has 0 spiro atoms. The van der Waals surface area contributed by atoms with Gasteiger partial charge in [-0.15, -0.1) is 11.8 Å². The van der Waals surface area contributed by atoms with Crippen LogP contribution in [-0.4, -0.2) is 43.6 Å². The fourth-order valence-corrected chi connectivity index (χ4v) is 4.54. The molecule has 0 radical (unpaired) electrons. The molecule has 1 fully saturated rings. The molecule has 1 heterocycles. The topological polar surface area (TPSA) is 97.7 Å². The number of carbonyl (C=O) groups is 2. The second-order valence-electron chi connectivity index (χ2n) is 5.02. The van der Waals surface area contributed by atoms with Crippen LogP contribution >= 0.6 is 0 Å². The quantitative estimate of drug-likeness (QED) is 0.443. The Morgan fingerprint density at radius 1 is 1.43 bits per heavy atom. The summed E-state index contributed by atoms with van der Waals surface area (Å²) in [5.74, 6) is 2.03. The van der Waals surface area contributed by atoms with E-state index < -0.39 is 33.1 Å². The molecule has 21 heavy (non-hydrogen) atoms. The zero-order chi connectivity index (χ0) is 16.1. The van der Waals surface area contributed by atoms with Crippen molar-refractivity contribution in [2.24, 2.45) is 11.3 Å². The summed E-state index contributed by atoms with van der Waals surface area (Å²) in [5, 5.41) is 9.61. The summed E-state index contributed by atoms with van der Waals surface area (Å²) < 4.78 is 28.2. The summed E-state index contributed by atoms with van der Waals surface area (Å²) in [5.41, 5.74) is -1.83. The van der Waals surface area contributed by atoms with Gasteiger partial charge >= 0.3 is 11.9 Å². The Bertz CT molecular complexity index is 568. The van der Waals surface area contributed by atoms with E-state index in [2.05, 4.69) is 11.8 Å². The average molecular weight is 316 g/mol. The van der Waals surface area contributed by atoms with Crippen LogP contribution in [0.15, 0.2) is 0 Å². The first-order chi connectivity index (χ1) is 9.80. The molecule has 0 saturated carbocycles. The lowest BCUT2D eigenvalue weighted by Gasteiger charge is -2.31. The number of rotatable bonds is 6. The minimum absolute atomic E-state index is 0.0395. The molecule has 0 aromatic heterocycles. The van der Waals surface area contributed by atoms with Crippen LogP contribution in [0.2, 0.25) is 0 Å². The SMILES string of the molecule is CC#CCCC(C(=O)O)(C(=O)OCC)C1CCS(=O)(=O)C1. The molecule has 0 aromatic rings. The molecule has 1 aliphatic rings. The lowest BCUT2D eigenvalue weighted by atomic mass is 9.71. The Morgan fingerprint density at radius 3 is 2.52 bits per heavy atom. The van der Waals surface area contributed by atoms with Crippen molar-refractivity contribution in [3.8, 4) is 11.8 Å². The van der Waals surface area contributed by atoms with Gasteiger partial charge in [0.05, 0.1) is 18.1 Å². The number of sulfone groups is 1. The van der Waals surface area contributed by atoms with Crippen molar-refractivity contribution >= 4 is 21.8 Å². The molecular formula is C14H20O6S. The zero-order valence-corrected chi connectivity index (χ0v) is 13.0. The van der Waals surface area contributed by atoms with E-state index in [1.165, 1.54) is 0 Å². The van der Waals surface area contributed by atoms with E-state index in [9.17, 15) is 23.1 Å². The van der Waals surface area contributed by atoms with Crippen LogP contribution in [0.1, 0.15) is 33.1 Å². The third kappa shape index (κ3) is 3.76. The highest BCUT2D eigenvalue weighted by atomic mass is 32.2. The van der Waals surface area contributed by atoms with Crippen LogP contribution in [0.25, 0.3) is 0 Å². The highest BCUT2D eigenvalue weighted by Crippen LogP contribution is 2.41. The van der Waals surface area contributed by atoms with Crippen molar-refractivity contribution in [2.45, 2.75) is 33.1 Å². The van der Waals surface area contributed by atoms with Gasteiger partial charge in [-0.3, -0.25) is 9.59 Å². The van der Waals surface area contributed by atoms with Gasteiger partial charge in [0.1, 0.15) is 0 Å². The summed E-state index contributed by atoms with van der Waals surface area (Å²) in [4.78, 5) is 24.0. The van der Waals surface area contributed by atoms with E-state index in [0.717, 1.165) is 0 Å². The van der Waals surface area contributed by atoms with E-state index in [4.69, 9.17) is 4.74 Å². The maximum atomic E-state index is 12.3. The zero-order valence-electron chi connectivity index (χ0n) is 12.2. The van der Waals surface area contributed by atoms with Crippen LogP contribution < -0.4 is 0 Å². The average Bonchev–Trinajstić information content (AvgIpc) is 2.75. The highest BCUT2D eigenvalue weighted by Gasteiger charge is 2.56. The molecular weight excluding hydrogens is 296 g/mol. The molecule has 1 rings (SSSR count). The lowest BCUT2D eigenvalue weighted by molar-refractivity contribution is -0.173. The fourth-order valence-electron chi connectivity index (χ4n) is 2.67. The molecule has 1 N–H and O–H groups in total. The predicted octanol–water partition coefficient (Wildman–Crippen LogP) is 0.859.